The average Bonchev–Trinajstić information content (AvgIpc) is 2.98. The smallest absolute Gasteiger partial charge is 0.163 e. The maximum atomic E-state index is 6.14. The molecule has 1 saturated heterocycles. The molecule has 1 heterocycles. The first-order valence-corrected chi connectivity index (χ1v) is 14.2. The van der Waals surface area contributed by atoms with Gasteiger partial charge >= 0.3 is 0 Å². The molecule has 3 aromatic carbocycles. The minimum atomic E-state index is -0.301. The molecule has 0 N–H and O–H groups in total. The van der Waals surface area contributed by atoms with Gasteiger partial charge in [-0.3, -0.25) is 0 Å². The van der Waals surface area contributed by atoms with Crippen LogP contribution in [0.2, 0.25) is 0 Å². The third kappa shape index (κ3) is 12.0. The van der Waals surface area contributed by atoms with Crippen molar-refractivity contribution in [2.45, 2.75) is 77.2 Å². The van der Waals surface area contributed by atoms with E-state index in [1.165, 1.54) is 16.7 Å². The Hall–Kier alpha value is -2.58. The van der Waals surface area contributed by atoms with Gasteiger partial charge in [-0.2, -0.15) is 0 Å². The molecule has 3 aromatic rings. The van der Waals surface area contributed by atoms with Crippen LogP contribution < -0.4 is 0 Å². The predicted molar refractivity (Wildman–Crippen MR) is 151 cm³/mol. The number of benzene rings is 3. The topological polar surface area (TPSA) is 55.4 Å². The van der Waals surface area contributed by atoms with Gasteiger partial charge in [0.1, 0.15) is 0 Å². The van der Waals surface area contributed by atoms with Crippen LogP contribution in [0.1, 0.15) is 55.2 Å². The molecule has 0 saturated carbocycles. The Bertz CT molecular complexity index is 863. The molecule has 0 unspecified atom stereocenters. The summed E-state index contributed by atoms with van der Waals surface area (Å²) in [5, 5.41) is 0. The summed E-state index contributed by atoms with van der Waals surface area (Å²) in [6, 6.07) is 30.7. The Morgan fingerprint density at radius 2 is 0.692 bits per heavy atom. The highest BCUT2D eigenvalue weighted by Crippen LogP contribution is 2.25. The van der Waals surface area contributed by atoms with Gasteiger partial charge in [0.05, 0.1) is 19.8 Å². The summed E-state index contributed by atoms with van der Waals surface area (Å²) in [4.78, 5) is 0. The number of hydrogen-bond acceptors (Lipinski definition) is 6. The van der Waals surface area contributed by atoms with Crippen molar-refractivity contribution in [3.05, 3.63) is 108 Å². The van der Waals surface area contributed by atoms with E-state index < -0.39 is 0 Å². The van der Waals surface area contributed by atoms with Crippen LogP contribution in [-0.2, 0) is 48.2 Å². The fraction of sp³-hybridized carbons (Fsp3) is 0.455. The molecule has 210 valence electrons. The van der Waals surface area contributed by atoms with Gasteiger partial charge in [0.2, 0.25) is 0 Å². The Labute approximate surface area is 233 Å². The Morgan fingerprint density at radius 3 is 0.974 bits per heavy atom. The van der Waals surface area contributed by atoms with Crippen molar-refractivity contribution >= 4 is 0 Å². The molecule has 1 aliphatic rings. The van der Waals surface area contributed by atoms with Crippen LogP contribution in [0.4, 0.5) is 0 Å². The van der Waals surface area contributed by atoms with Crippen molar-refractivity contribution in [1.82, 2.24) is 0 Å². The van der Waals surface area contributed by atoms with Gasteiger partial charge in [-0.05, 0) is 36.0 Å². The minimum Gasteiger partial charge on any atom is -0.377 e. The predicted octanol–water partition coefficient (Wildman–Crippen LogP) is 7.02. The van der Waals surface area contributed by atoms with Crippen LogP contribution >= 0.6 is 0 Å². The molecule has 0 bridgehead atoms. The molecule has 0 amide bonds. The second-order valence-corrected chi connectivity index (χ2v) is 9.74. The monoisotopic (exact) mass is 534 g/mol. The fourth-order valence-corrected chi connectivity index (χ4v) is 4.36. The molecule has 6 nitrogen and oxygen atoms in total. The van der Waals surface area contributed by atoms with E-state index in [4.69, 9.17) is 28.4 Å². The molecule has 1 aliphatic heterocycles. The molecule has 4 rings (SSSR count). The van der Waals surface area contributed by atoms with E-state index in [0.29, 0.717) is 39.6 Å². The van der Waals surface area contributed by atoms with Crippen molar-refractivity contribution in [2.75, 3.05) is 19.8 Å². The molecule has 0 aromatic heterocycles. The zero-order chi connectivity index (χ0) is 26.8. The largest absolute Gasteiger partial charge is 0.377 e. The molecule has 0 atom stereocenters. The summed E-state index contributed by atoms with van der Waals surface area (Å²) in [5.41, 5.74) is 3.54. The normalized spacial score (nSPS) is 19.2. The SMILES string of the molecule is c1ccc(COCCCC2OC(CCCOCc3ccccc3)OC(CCCOCc3ccccc3)O2)cc1. The lowest BCUT2D eigenvalue weighted by Crippen LogP contribution is -2.41. The van der Waals surface area contributed by atoms with Gasteiger partial charge < -0.3 is 28.4 Å². The lowest BCUT2D eigenvalue weighted by Gasteiger charge is -2.36. The summed E-state index contributed by atoms with van der Waals surface area (Å²) in [5.74, 6) is 0. The lowest BCUT2D eigenvalue weighted by molar-refractivity contribution is -0.386. The van der Waals surface area contributed by atoms with Gasteiger partial charge in [0.15, 0.2) is 18.9 Å². The Morgan fingerprint density at radius 1 is 0.410 bits per heavy atom. The van der Waals surface area contributed by atoms with Crippen LogP contribution in [0.3, 0.4) is 0 Å². The third-order valence-electron chi connectivity index (χ3n) is 6.43. The zero-order valence-electron chi connectivity index (χ0n) is 22.8. The highest BCUT2D eigenvalue weighted by Gasteiger charge is 2.30. The summed E-state index contributed by atoms with van der Waals surface area (Å²) in [6.07, 6.45) is 3.96. The quantitative estimate of drug-likeness (QED) is 0.164. The summed E-state index contributed by atoms with van der Waals surface area (Å²) >= 11 is 0. The van der Waals surface area contributed by atoms with E-state index in [1.807, 2.05) is 54.6 Å². The maximum absolute atomic E-state index is 6.14. The van der Waals surface area contributed by atoms with Crippen molar-refractivity contribution < 1.29 is 28.4 Å². The molecule has 0 radical (unpaired) electrons. The second kappa shape index (κ2) is 17.9. The molecule has 6 heteroatoms. The number of ether oxygens (including phenoxy) is 6. The van der Waals surface area contributed by atoms with Crippen LogP contribution in [0.15, 0.2) is 91.0 Å². The first-order chi connectivity index (χ1) is 19.3. The first-order valence-electron chi connectivity index (χ1n) is 14.2. The highest BCUT2D eigenvalue weighted by molar-refractivity contribution is 5.14. The van der Waals surface area contributed by atoms with Crippen LogP contribution in [0, 0.1) is 0 Å². The second-order valence-electron chi connectivity index (χ2n) is 9.74. The zero-order valence-corrected chi connectivity index (χ0v) is 22.8. The molecule has 39 heavy (non-hydrogen) atoms. The average molecular weight is 535 g/mol. The van der Waals surface area contributed by atoms with Crippen LogP contribution in [0.5, 0.6) is 0 Å². The highest BCUT2D eigenvalue weighted by atomic mass is 16.9. The van der Waals surface area contributed by atoms with Gasteiger partial charge in [-0.25, -0.2) is 0 Å². The minimum absolute atomic E-state index is 0.301. The fourth-order valence-electron chi connectivity index (χ4n) is 4.36. The van der Waals surface area contributed by atoms with Crippen LogP contribution in [-0.4, -0.2) is 38.7 Å². The first kappa shape index (κ1) is 29.4. The van der Waals surface area contributed by atoms with Crippen molar-refractivity contribution in [3.63, 3.8) is 0 Å². The van der Waals surface area contributed by atoms with E-state index in [0.717, 1.165) is 38.5 Å². The van der Waals surface area contributed by atoms with Crippen molar-refractivity contribution in [2.24, 2.45) is 0 Å². The van der Waals surface area contributed by atoms with Gasteiger partial charge in [-0.15, -0.1) is 0 Å². The van der Waals surface area contributed by atoms with Crippen molar-refractivity contribution in [1.29, 1.82) is 0 Å². The van der Waals surface area contributed by atoms with E-state index in [1.54, 1.807) is 0 Å². The lowest BCUT2D eigenvalue weighted by atomic mass is 10.2. The molecular formula is C33H42O6. The standard InChI is InChI=1S/C33H42O6/c1-4-13-28(14-5-1)25-34-22-10-19-31-37-32(20-11-23-35-26-29-15-6-2-7-16-29)39-33(38-31)21-12-24-36-27-30-17-8-3-9-18-30/h1-9,13-18,31-33H,10-12,19-27H2. The van der Waals surface area contributed by atoms with Gasteiger partial charge in [-0.1, -0.05) is 91.0 Å². The number of hydrogen-bond donors (Lipinski definition) is 0. The summed E-state index contributed by atoms with van der Waals surface area (Å²) in [7, 11) is 0. The molecule has 1 fully saturated rings. The summed E-state index contributed by atoms with van der Waals surface area (Å²) < 4.78 is 36.0. The summed E-state index contributed by atoms with van der Waals surface area (Å²) in [6.45, 7) is 3.84. The third-order valence-corrected chi connectivity index (χ3v) is 6.43. The van der Waals surface area contributed by atoms with E-state index in [-0.39, 0.29) is 18.9 Å². The number of rotatable bonds is 18. The van der Waals surface area contributed by atoms with E-state index in [2.05, 4.69) is 36.4 Å². The van der Waals surface area contributed by atoms with Crippen LogP contribution in [0.25, 0.3) is 0 Å². The molecule has 0 aliphatic carbocycles. The Kier molecular flexibility index (Phi) is 13.5. The van der Waals surface area contributed by atoms with E-state index >= 15 is 0 Å². The maximum Gasteiger partial charge on any atom is 0.163 e. The van der Waals surface area contributed by atoms with Gasteiger partial charge in [0, 0.05) is 39.1 Å². The molecule has 0 spiro atoms. The molecular weight excluding hydrogens is 492 g/mol. The van der Waals surface area contributed by atoms with Crippen molar-refractivity contribution in [3.8, 4) is 0 Å². The van der Waals surface area contributed by atoms with E-state index in [9.17, 15) is 0 Å². The Balaban J connectivity index is 1.15. The van der Waals surface area contributed by atoms with Gasteiger partial charge in [0.25, 0.3) is 0 Å².